The van der Waals surface area contributed by atoms with Crippen LogP contribution in [-0.4, -0.2) is 0 Å². The molecular weight excluding hydrogens is 275 g/mol. The molecule has 0 N–H and O–H groups in total. The second kappa shape index (κ2) is 3.26. The maximum Gasteiger partial charge on any atom is 0.136 e. The fraction of sp³-hybridized carbons (Fsp3) is 0. The molecule has 3 aromatic rings. The van der Waals surface area contributed by atoms with Crippen LogP contribution in [0.3, 0.4) is 0 Å². The molecule has 2 aromatic carbocycles. The first-order chi connectivity index (χ1) is 8.08. The summed E-state index contributed by atoms with van der Waals surface area (Å²) in [5.41, 5.74) is 1.32. The van der Waals surface area contributed by atoms with E-state index >= 15 is 0 Å². The van der Waals surface area contributed by atoms with Crippen molar-refractivity contribution in [1.82, 2.24) is 0 Å². The summed E-state index contributed by atoms with van der Waals surface area (Å²) in [5, 5.41) is 1.98. The van der Waals surface area contributed by atoms with E-state index in [-0.39, 0.29) is 6.04 Å². The normalized spacial score (nSPS) is 13.2. The zero-order valence-corrected chi connectivity index (χ0v) is 9.82. The number of benzene rings is 2. The number of fused-ring (bicyclic) bond motifs is 3. The molecule has 0 aliphatic rings. The summed E-state index contributed by atoms with van der Waals surface area (Å²) < 4.78 is 21.8. The Bertz CT molecular complexity index is 751. The number of hydrogen-bond donors (Lipinski definition) is 0. The lowest BCUT2D eigenvalue weighted by molar-refractivity contribution is 0.669. The van der Waals surface area contributed by atoms with Gasteiger partial charge in [-0.2, -0.15) is 0 Å². The molecule has 3 rings (SSSR count). The number of rotatable bonds is 0. The Labute approximate surface area is 103 Å². The molecule has 74 valence electrons. The minimum absolute atomic E-state index is 0.254. The van der Waals surface area contributed by atoms with Gasteiger partial charge in [0.05, 0.1) is 2.74 Å². The molecule has 0 saturated carbocycles. The number of halogens is 2. The van der Waals surface area contributed by atoms with Crippen LogP contribution in [0, 0.1) is 0 Å². The van der Waals surface area contributed by atoms with Crippen molar-refractivity contribution in [3.8, 4) is 0 Å². The largest absolute Gasteiger partial charge is 0.456 e. The van der Waals surface area contributed by atoms with Crippen molar-refractivity contribution in [3.05, 3.63) is 45.8 Å². The minimum atomic E-state index is 0.254. The van der Waals surface area contributed by atoms with Crippen molar-refractivity contribution in [3.63, 3.8) is 0 Å². The Balaban J connectivity index is 2.58. The summed E-state index contributed by atoms with van der Waals surface area (Å²) in [7, 11) is 0. The first-order valence-corrected chi connectivity index (χ1v) is 5.52. The number of hydrogen-bond acceptors (Lipinski definition) is 1. The molecule has 0 aliphatic carbocycles. The predicted octanol–water partition coefficient (Wildman–Crippen LogP) is 5.00. The van der Waals surface area contributed by atoms with Crippen LogP contribution in [0.25, 0.3) is 21.9 Å². The van der Waals surface area contributed by atoms with E-state index in [1.54, 1.807) is 24.3 Å². The first kappa shape index (κ1) is 7.31. The van der Waals surface area contributed by atoms with Crippen LogP contribution in [0.4, 0.5) is 0 Å². The van der Waals surface area contributed by atoms with E-state index in [0.29, 0.717) is 26.7 Å². The van der Waals surface area contributed by atoms with Crippen molar-refractivity contribution in [1.29, 1.82) is 0 Å². The Morgan fingerprint density at radius 2 is 2.13 bits per heavy atom. The third-order valence-electron chi connectivity index (χ3n) is 2.28. The fourth-order valence-electron chi connectivity index (χ4n) is 1.64. The van der Waals surface area contributed by atoms with Gasteiger partial charge >= 0.3 is 0 Å². The van der Waals surface area contributed by atoms with Crippen molar-refractivity contribution in [2.24, 2.45) is 0 Å². The average Bonchev–Trinajstić information content (AvgIpc) is 2.63. The molecule has 0 spiro atoms. The standard InChI is InChI=1S/C12H6BrClO/c13-9-2-1-3-10-12(9)8-5-4-7(14)6-11(8)15-10/h1-6H/i2D,4D. The summed E-state index contributed by atoms with van der Waals surface area (Å²) in [6.45, 7) is 0. The topological polar surface area (TPSA) is 13.1 Å². The lowest BCUT2D eigenvalue weighted by atomic mass is 10.1. The van der Waals surface area contributed by atoms with E-state index in [0.717, 1.165) is 10.8 Å². The van der Waals surface area contributed by atoms with Gasteiger partial charge < -0.3 is 4.42 Å². The highest BCUT2D eigenvalue weighted by Crippen LogP contribution is 2.34. The highest BCUT2D eigenvalue weighted by molar-refractivity contribution is 9.10. The molecule has 0 amide bonds. The van der Waals surface area contributed by atoms with E-state index in [2.05, 4.69) is 15.9 Å². The third kappa shape index (κ3) is 1.36. The average molecular weight is 284 g/mol. The molecule has 1 heterocycles. The Kier molecular flexibility index (Phi) is 1.59. The van der Waals surface area contributed by atoms with Gasteiger partial charge in [0.15, 0.2) is 0 Å². The number of furan rings is 1. The van der Waals surface area contributed by atoms with Crippen molar-refractivity contribution in [2.45, 2.75) is 0 Å². The van der Waals surface area contributed by atoms with Crippen LogP contribution >= 0.6 is 27.5 Å². The maximum atomic E-state index is 7.75. The van der Waals surface area contributed by atoms with Crippen LogP contribution in [0.15, 0.2) is 45.2 Å². The molecule has 0 atom stereocenters. The lowest BCUT2D eigenvalue weighted by Gasteiger charge is -1.92. The van der Waals surface area contributed by atoms with Crippen LogP contribution < -0.4 is 0 Å². The van der Waals surface area contributed by atoms with Crippen molar-refractivity contribution < 1.29 is 7.16 Å². The van der Waals surface area contributed by atoms with Crippen LogP contribution in [0.1, 0.15) is 2.74 Å². The first-order valence-electron chi connectivity index (χ1n) is 5.35. The van der Waals surface area contributed by atoms with E-state index in [9.17, 15) is 0 Å². The van der Waals surface area contributed by atoms with Crippen LogP contribution in [0.2, 0.25) is 5.02 Å². The molecule has 0 unspecified atom stereocenters. The molecular formula is C12H6BrClO. The third-order valence-corrected chi connectivity index (χ3v) is 3.12. The Hall–Kier alpha value is -0.990. The van der Waals surface area contributed by atoms with Gasteiger partial charge in [-0.25, -0.2) is 0 Å². The maximum absolute atomic E-state index is 7.75. The zero-order chi connectivity index (χ0) is 12.2. The quantitative estimate of drug-likeness (QED) is 0.566. The monoisotopic (exact) mass is 282 g/mol. The molecule has 0 saturated heterocycles. The van der Waals surface area contributed by atoms with Gasteiger partial charge in [0.25, 0.3) is 0 Å². The Morgan fingerprint density at radius 1 is 1.27 bits per heavy atom. The molecule has 0 aliphatic heterocycles. The second-order valence-electron chi connectivity index (χ2n) is 3.19. The van der Waals surface area contributed by atoms with Gasteiger partial charge in [0.1, 0.15) is 11.2 Å². The summed E-state index contributed by atoms with van der Waals surface area (Å²) >= 11 is 9.27. The van der Waals surface area contributed by atoms with Gasteiger partial charge in [-0.3, -0.25) is 0 Å². The predicted molar refractivity (Wildman–Crippen MR) is 66.4 cm³/mol. The van der Waals surface area contributed by atoms with E-state index in [1.165, 1.54) is 0 Å². The van der Waals surface area contributed by atoms with E-state index in [1.807, 2.05) is 0 Å². The van der Waals surface area contributed by atoms with Gasteiger partial charge in [0, 0.05) is 26.3 Å². The lowest BCUT2D eigenvalue weighted by Crippen LogP contribution is -1.68. The molecule has 15 heavy (non-hydrogen) atoms. The fourth-order valence-corrected chi connectivity index (χ4v) is 2.33. The minimum Gasteiger partial charge on any atom is -0.456 e. The van der Waals surface area contributed by atoms with Crippen molar-refractivity contribution >= 4 is 49.5 Å². The molecule has 3 heteroatoms. The molecule has 0 fully saturated rings. The van der Waals surface area contributed by atoms with Gasteiger partial charge in [-0.1, -0.05) is 33.6 Å². The molecule has 1 aromatic heterocycles. The molecule has 0 radical (unpaired) electrons. The highest BCUT2D eigenvalue weighted by atomic mass is 79.9. The Morgan fingerprint density at radius 3 is 3.00 bits per heavy atom. The summed E-state index contributed by atoms with van der Waals surface area (Å²) in [6, 6.07) is 7.35. The van der Waals surface area contributed by atoms with Gasteiger partial charge in [-0.05, 0) is 24.2 Å². The van der Waals surface area contributed by atoms with Gasteiger partial charge in [0.2, 0.25) is 0 Å². The highest BCUT2D eigenvalue weighted by Gasteiger charge is 2.09. The van der Waals surface area contributed by atoms with Crippen LogP contribution in [0.5, 0.6) is 0 Å². The van der Waals surface area contributed by atoms with Crippen molar-refractivity contribution in [2.75, 3.05) is 0 Å². The smallest absolute Gasteiger partial charge is 0.136 e. The summed E-state index contributed by atoms with van der Waals surface area (Å²) in [4.78, 5) is 0. The van der Waals surface area contributed by atoms with Gasteiger partial charge in [-0.15, -0.1) is 0 Å². The van der Waals surface area contributed by atoms with E-state index in [4.69, 9.17) is 18.8 Å². The van der Waals surface area contributed by atoms with Crippen LogP contribution in [-0.2, 0) is 0 Å². The summed E-state index contributed by atoms with van der Waals surface area (Å²) in [5.74, 6) is 0. The summed E-state index contributed by atoms with van der Waals surface area (Å²) in [6.07, 6.45) is 0. The molecule has 0 bridgehead atoms. The SMILES string of the molecule is [2H]c1cc2c(cc1Cl)oc1ccc([2H])c(Br)c12. The second-order valence-corrected chi connectivity index (χ2v) is 4.39. The van der Waals surface area contributed by atoms with E-state index < -0.39 is 0 Å². The zero-order valence-electron chi connectivity index (χ0n) is 9.47. The molecule has 1 nitrogen and oxygen atoms in total.